The molecule has 0 aliphatic carbocycles. The van der Waals surface area contributed by atoms with Gasteiger partial charge in [0.25, 0.3) is 0 Å². The number of carbonyl (C=O) groups excluding carboxylic acids is 1. The molecule has 0 bridgehead atoms. The van der Waals surface area contributed by atoms with Crippen LogP contribution in [0.5, 0.6) is 0 Å². The Morgan fingerprint density at radius 2 is 2.20 bits per heavy atom. The van der Waals surface area contributed by atoms with Crippen LogP contribution < -0.4 is 11.0 Å². The molecule has 5 atom stereocenters. The minimum absolute atomic E-state index is 0.144. The fraction of sp³-hybridized carbons (Fsp3) is 0.667. The van der Waals surface area contributed by atoms with Crippen molar-refractivity contribution in [2.45, 2.75) is 51.7 Å². The fourth-order valence-corrected chi connectivity index (χ4v) is 2.24. The number of aromatic nitrogens is 2. The van der Waals surface area contributed by atoms with E-state index < -0.39 is 48.0 Å². The van der Waals surface area contributed by atoms with Crippen LogP contribution in [0.2, 0.25) is 0 Å². The average molecular weight is 359 g/mol. The average Bonchev–Trinajstić information content (AvgIpc) is 2.83. The third-order valence-electron chi connectivity index (χ3n) is 4.07. The Balaban J connectivity index is 2.12. The Bertz CT molecular complexity index is 682. The van der Waals surface area contributed by atoms with Crippen molar-refractivity contribution in [3.63, 3.8) is 0 Å². The number of amides is 1. The van der Waals surface area contributed by atoms with Crippen molar-refractivity contribution in [3.8, 4) is 0 Å². The third kappa shape index (κ3) is 4.33. The summed E-state index contributed by atoms with van der Waals surface area (Å²) < 4.78 is 25.0. The zero-order valence-corrected chi connectivity index (χ0v) is 14.2. The van der Waals surface area contributed by atoms with Gasteiger partial charge < -0.3 is 19.7 Å². The summed E-state index contributed by atoms with van der Waals surface area (Å²) in [7, 11) is 0. The third-order valence-corrected chi connectivity index (χ3v) is 4.07. The van der Waals surface area contributed by atoms with Gasteiger partial charge in [0.2, 0.25) is 0 Å². The Hall–Kier alpha value is -2.04. The molecule has 2 heterocycles. The number of nitrogens with zero attached hydrogens (tertiary/aromatic N) is 2. The van der Waals surface area contributed by atoms with Gasteiger partial charge in [-0.05, 0) is 12.8 Å². The van der Waals surface area contributed by atoms with Crippen molar-refractivity contribution in [1.82, 2.24) is 9.55 Å². The normalized spacial score (nSPS) is 27.1. The fourth-order valence-electron chi connectivity index (χ4n) is 2.24. The predicted molar refractivity (Wildman–Crippen MR) is 84.5 cm³/mol. The van der Waals surface area contributed by atoms with Crippen LogP contribution in [-0.4, -0.2) is 50.8 Å². The quantitative estimate of drug-likeness (QED) is 0.704. The first kappa shape index (κ1) is 19.3. The van der Waals surface area contributed by atoms with Gasteiger partial charge in [-0.25, -0.2) is 14.0 Å². The molecule has 1 fully saturated rings. The number of aliphatic hydroxyl groups excluding tert-OH is 2. The molecule has 0 spiro atoms. The highest BCUT2D eigenvalue weighted by Gasteiger charge is 2.42. The van der Waals surface area contributed by atoms with Crippen molar-refractivity contribution in [1.29, 1.82) is 0 Å². The summed E-state index contributed by atoms with van der Waals surface area (Å²) in [6.45, 7) is 5.48. The second-order valence-electron chi connectivity index (χ2n) is 6.08. The van der Waals surface area contributed by atoms with Gasteiger partial charge in [0, 0.05) is 0 Å². The molecule has 2 rings (SSSR count). The number of carbonyl (C=O) groups is 1. The summed E-state index contributed by atoms with van der Waals surface area (Å²) in [5.41, 5.74) is -0.955. The molecular formula is C15H22FN3O6. The van der Waals surface area contributed by atoms with Crippen LogP contribution in [0.25, 0.3) is 0 Å². The summed E-state index contributed by atoms with van der Waals surface area (Å²) in [4.78, 5) is 27.1. The Morgan fingerprint density at radius 1 is 1.52 bits per heavy atom. The molecule has 25 heavy (non-hydrogen) atoms. The van der Waals surface area contributed by atoms with Crippen LogP contribution >= 0.6 is 0 Å². The molecule has 9 nitrogen and oxygen atoms in total. The second-order valence-corrected chi connectivity index (χ2v) is 6.08. The summed E-state index contributed by atoms with van der Waals surface area (Å²) >= 11 is 0. The number of halogens is 1. The smallest absolute Gasteiger partial charge is 0.412 e. The molecule has 0 saturated carbocycles. The minimum atomic E-state index is -1.41. The topological polar surface area (TPSA) is 123 Å². The van der Waals surface area contributed by atoms with Gasteiger partial charge in [-0.3, -0.25) is 9.88 Å². The first-order valence-electron chi connectivity index (χ1n) is 7.98. The van der Waals surface area contributed by atoms with E-state index in [1.165, 1.54) is 6.92 Å². The highest BCUT2D eigenvalue weighted by molar-refractivity contribution is 5.83. The lowest BCUT2D eigenvalue weighted by Gasteiger charge is -2.17. The lowest BCUT2D eigenvalue weighted by atomic mass is 10.1. The first-order chi connectivity index (χ1) is 11.7. The van der Waals surface area contributed by atoms with Gasteiger partial charge in [-0.1, -0.05) is 20.3 Å². The standard InChI is InChI=1S/C15H22FN3O6/c1-4-7(2)6-24-15(23)18-12-9(16)5-19(14(22)17-12)13-11(21)10(20)8(3)25-13/h5,7-8,10-11,13,20-21H,4,6H2,1-3H3,(H,17,18,22,23)/t7?,8-,10?,11?,13-/m1/s1. The van der Waals surface area contributed by atoms with Crippen molar-refractivity contribution in [3.05, 3.63) is 22.5 Å². The summed E-state index contributed by atoms with van der Waals surface area (Å²) in [6, 6.07) is 0. The SMILES string of the molecule is CCC(C)COC(=O)Nc1nc(=O)n([C@@H]2O[C@H](C)C(O)C2O)cc1F. The molecule has 3 unspecified atom stereocenters. The Morgan fingerprint density at radius 3 is 2.76 bits per heavy atom. The van der Waals surface area contributed by atoms with Gasteiger partial charge in [0.15, 0.2) is 17.9 Å². The largest absolute Gasteiger partial charge is 0.449 e. The van der Waals surface area contributed by atoms with E-state index in [0.717, 1.165) is 17.2 Å². The van der Waals surface area contributed by atoms with Crippen LogP contribution in [0.3, 0.4) is 0 Å². The Kier molecular flexibility index (Phi) is 6.09. The monoisotopic (exact) mass is 359 g/mol. The molecule has 1 saturated heterocycles. The van der Waals surface area contributed by atoms with E-state index in [1.54, 1.807) is 0 Å². The molecule has 1 aliphatic heterocycles. The van der Waals surface area contributed by atoms with E-state index in [9.17, 15) is 24.2 Å². The Labute approximate surface area is 143 Å². The summed E-state index contributed by atoms with van der Waals surface area (Å²) in [5.74, 6) is -1.45. The molecule has 10 heteroatoms. The maximum atomic E-state index is 14.1. The van der Waals surface area contributed by atoms with Crippen molar-refractivity contribution in [2.75, 3.05) is 11.9 Å². The number of hydrogen-bond donors (Lipinski definition) is 3. The van der Waals surface area contributed by atoms with E-state index >= 15 is 0 Å². The number of anilines is 1. The zero-order chi connectivity index (χ0) is 18.7. The number of hydrogen-bond acceptors (Lipinski definition) is 7. The van der Waals surface area contributed by atoms with Crippen molar-refractivity contribution < 1.29 is 28.9 Å². The van der Waals surface area contributed by atoms with Crippen molar-refractivity contribution >= 4 is 11.9 Å². The maximum absolute atomic E-state index is 14.1. The van der Waals surface area contributed by atoms with E-state index in [1.807, 2.05) is 13.8 Å². The van der Waals surface area contributed by atoms with Crippen LogP contribution in [0, 0.1) is 11.7 Å². The highest BCUT2D eigenvalue weighted by Crippen LogP contribution is 2.28. The van der Waals surface area contributed by atoms with E-state index in [0.29, 0.717) is 0 Å². The van der Waals surface area contributed by atoms with Crippen LogP contribution in [0.1, 0.15) is 33.4 Å². The molecule has 3 N–H and O–H groups in total. The van der Waals surface area contributed by atoms with Gasteiger partial charge in [-0.2, -0.15) is 4.98 Å². The number of rotatable bonds is 5. The van der Waals surface area contributed by atoms with Gasteiger partial charge in [0.05, 0.1) is 18.9 Å². The second kappa shape index (κ2) is 7.89. The first-order valence-corrected chi connectivity index (χ1v) is 7.98. The highest BCUT2D eigenvalue weighted by atomic mass is 19.1. The zero-order valence-electron chi connectivity index (χ0n) is 14.2. The van der Waals surface area contributed by atoms with Gasteiger partial charge in [0.1, 0.15) is 12.2 Å². The minimum Gasteiger partial charge on any atom is -0.449 e. The van der Waals surface area contributed by atoms with Gasteiger partial charge in [-0.15, -0.1) is 0 Å². The molecule has 1 aliphatic rings. The number of aliphatic hydroxyl groups is 2. The van der Waals surface area contributed by atoms with Crippen LogP contribution in [0.15, 0.2) is 11.0 Å². The molecule has 0 radical (unpaired) electrons. The summed E-state index contributed by atoms with van der Waals surface area (Å²) in [5, 5.41) is 21.6. The van der Waals surface area contributed by atoms with Crippen LogP contribution in [-0.2, 0) is 9.47 Å². The van der Waals surface area contributed by atoms with Crippen molar-refractivity contribution in [2.24, 2.45) is 5.92 Å². The molecule has 1 amide bonds. The molecule has 140 valence electrons. The van der Waals surface area contributed by atoms with E-state index in [4.69, 9.17) is 9.47 Å². The lowest BCUT2D eigenvalue weighted by Crippen LogP contribution is -2.36. The van der Waals surface area contributed by atoms with E-state index in [2.05, 4.69) is 10.3 Å². The lowest BCUT2D eigenvalue weighted by molar-refractivity contribution is -0.0355. The predicted octanol–water partition coefficient (Wildman–Crippen LogP) is 0.616. The summed E-state index contributed by atoms with van der Waals surface area (Å²) in [6.07, 6.45) is -4.00. The van der Waals surface area contributed by atoms with Gasteiger partial charge >= 0.3 is 11.8 Å². The maximum Gasteiger partial charge on any atom is 0.412 e. The molecular weight excluding hydrogens is 337 g/mol. The number of nitrogens with one attached hydrogen (secondary N) is 1. The molecule has 0 aromatic carbocycles. The molecule has 1 aromatic heterocycles. The van der Waals surface area contributed by atoms with Crippen LogP contribution in [0.4, 0.5) is 15.0 Å². The number of ether oxygens (including phenoxy) is 2. The van der Waals surface area contributed by atoms with E-state index in [-0.39, 0.29) is 12.5 Å². The molecule has 1 aromatic rings.